The number of anilines is 1. The van der Waals surface area contributed by atoms with E-state index in [0.717, 1.165) is 27.9 Å². The number of aryl methyl sites for hydroxylation is 2. The van der Waals surface area contributed by atoms with Gasteiger partial charge < -0.3 is 5.32 Å². The van der Waals surface area contributed by atoms with Crippen molar-refractivity contribution in [2.75, 3.05) is 5.32 Å². The number of nitrogens with zero attached hydrogens (tertiary/aromatic N) is 2. The third-order valence-electron chi connectivity index (χ3n) is 4.66. The van der Waals surface area contributed by atoms with Gasteiger partial charge in [-0.25, -0.2) is 4.99 Å². The fourth-order valence-electron chi connectivity index (χ4n) is 2.71. The van der Waals surface area contributed by atoms with Crippen molar-refractivity contribution < 1.29 is 4.79 Å². The number of guanidine groups is 1. The van der Waals surface area contributed by atoms with Crippen LogP contribution in [0.4, 0.5) is 5.69 Å². The molecule has 0 unspecified atom stereocenters. The van der Waals surface area contributed by atoms with E-state index in [0.29, 0.717) is 23.1 Å². The largest absolute Gasteiger partial charge is 0.326 e. The highest BCUT2D eigenvalue weighted by molar-refractivity contribution is 6.31. The first-order valence-corrected chi connectivity index (χ1v) is 9.66. The van der Waals surface area contributed by atoms with Crippen molar-refractivity contribution >= 4 is 29.2 Å². The smallest absolute Gasteiger partial charge is 0.257 e. The van der Waals surface area contributed by atoms with Crippen molar-refractivity contribution in [2.24, 2.45) is 4.99 Å². The molecule has 1 heterocycles. The molecule has 148 valence electrons. The summed E-state index contributed by atoms with van der Waals surface area (Å²) in [5, 5.41) is 6.72. The lowest BCUT2D eigenvalue weighted by molar-refractivity contribution is 0.0977. The molecule has 0 bridgehead atoms. The zero-order valence-corrected chi connectivity index (χ0v) is 17.4. The number of pyridine rings is 1. The summed E-state index contributed by atoms with van der Waals surface area (Å²) < 4.78 is 0. The first kappa shape index (κ1) is 20.6. The van der Waals surface area contributed by atoms with E-state index in [4.69, 9.17) is 11.6 Å². The lowest BCUT2D eigenvalue weighted by atomic mass is 10.1. The quantitative estimate of drug-likeness (QED) is 0.470. The number of amides is 1. The van der Waals surface area contributed by atoms with Gasteiger partial charge in [0.2, 0.25) is 5.96 Å². The van der Waals surface area contributed by atoms with E-state index in [1.807, 2.05) is 63.2 Å². The van der Waals surface area contributed by atoms with E-state index in [2.05, 4.69) is 20.6 Å². The SMILES string of the molecule is Cc1ccc(C(=O)NC(=NCc2cccnc2)Nc2cccc(Cl)c2C)cc1C. The molecule has 1 amide bonds. The molecule has 0 radical (unpaired) electrons. The minimum absolute atomic E-state index is 0.231. The number of benzene rings is 2. The van der Waals surface area contributed by atoms with Gasteiger partial charge in [0.15, 0.2) is 0 Å². The molecular weight excluding hydrogens is 384 g/mol. The predicted molar refractivity (Wildman–Crippen MR) is 119 cm³/mol. The molecule has 3 rings (SSSR count). The Kier molecular flexibility index (Phi) is 6.62. The van der Waals surface area contributed by atoms with Crippen LogP contribution in [0.15, 0.2) is 65.9 Å². The molecule has 0 aliphatic heterocycles. The average Bonchev–Trinajstić information content (AvgIpc) is 2.72. The Morgan fingerprint density at radius 2 is 1.90 bits per heavy atom. The Morgan fingerprint density at radius 3 is 2.62 bits per heavy atom. The van der Waals surface area contributed by atoms with Crippen LogP contribution in [0.1, 0.15) is 32.6 Å². The van der Waals surface area contributed by atoms with Crippen molar-refractivity contribution in [3.05, 3.63) is 93.8 Å². The van der Waals surface area contributed by atoms with Crippen molar-refractivity contribution in [2.45, 2.75) is 27.3 Å². The molecule has 2 N–H and O–H groups in total. The molecule has 0 saturated carbocycles. The van der Waals surface area contributed by atoms with Gasteiger partial charge in [-0.2, -0.15) is 0 Å². The summed E-state index contributed by atoms with van der Waals surface area (Å²) in [5.41, 5.74) is 5.37. The van der Waals surface area contributed by atoms with Crippen molar-refractivity contribution in [1.82, 2.24) is 10.3 Å². The van der Waals surface area contributed by atoms with Crippen molar-refractivity contribution in [3.63, 3.8) is 0 Å². The zero-order valence-electron chi connectivity index (χ0n) is 16.7. The van der Waals surface area contributed by atoms with E-state index in [1.54, 1.807) is 18.5 Å². The molecular formula is C23H23ClN4O. The van der Waals surface area contributed by atoms with E-state index >= 15 is 0 Å². The summed E-state index contributed by atoms with van der Waals surface area (Å²) in [6.07, 6.45) is 3.46. The van der Waals surface area contributed by atoms with Crippen LogP contribution in [0.2, 0.25) is 5.02 Å². The Hall–Kier alpha value is -3.18. The fourth-order valence-corrected chi connectivity index (χ4v) is 2.88. The highest BCUT2D eigenvalue weighted by Gasteiger charge is 2.12. The second-order valence-corrected chi connectivity index (χ2v) is 7.22. The molecule has 6 heteroatoms. The van der Waals surface area contributed by atoms with Crippen LogP contribution in [0.5, 0.6) is 0 Å². The Morgan fingerprint density at radius 1 is 1.07 bits per heavy atom. The Bertz CT molecular complexity index is 1050. The molecule has 0 atom stereocenters. The highest BCUT2D eigenvalue weighted by atomic mass is 35.5. The van der Waals surface area contributed by atoms with Crippen LogP contribution < -0.4 is 10.6 Å². The lowest BCUT2D eigenvalue weighted by Gasteiger charge is -2.15. The molecule has 0 aliphatic carbocycles. The number of carbonyl (C=O) groups excluding carboxylic acids is 1. The maximum atomic E-state index is 12.8. The standard InChI is InChI=1S/C23H23ClN4O/c1-15-9-10-19(12-16(15)2)22(29)28-23(26-14-18-6-5-11-25-13-18)27-21-8-4-7-20(24)17(21)3/h4-13H,14H2,1-3H3,(H2,26,27,28,29). The molecule has 2 aromatic carbocycles. The first-order valence-electron chi connectivity index (χ1n) is 9.28. The van der Waals surface area contributed by atoms with Gasteiger partial charge in [0.25, 0.3) is 5.91 Å². The molecule has 0 fully saturated rings. The van der Waals surface area contributed by atoms with Gasteiger partial charge in [-0.1, -0.05) is 29.8 Å². The second kappa shape index (κ2) is 9.34. The summed E-state index contributed by atoms with van der Waals surface area (Å²) in [5.74, 6) is 0.118. The van der Waals surface area contributed by atoms with Crippen LogP contribution in [-0.2, 0) is 6.54 Å². The topological polar surface area (TPSA) is 66.4 Å². The summed E-state index contributed by atoms with van der Waals surface area (Å²) in [7, 11) is 0. The number of carbonyl (C=O) groups is 1. The van der Waals surface area contributed by atoms with Crippen LogP contribution in [-0.4, -0.2) is 16.9 Å². The minimum Gasteiger partial charge on any atom is -0.326 e. The highest BCUT2D eigenvalue weighted by Crippen LogP contribution is 2.23. The monoisotopic (exact) mass is 406 g/mol. The van der Waals surface area contributed by atoms with Crippen LogP contribution in [0, 0.1) is 20.8 Å². The molecule has 0 spiro atoms. The van der Waals surface area contributed by atoms with Gasteiger partial charge in [0, 0.05) is 28.7 Å². The number of aromatic nitrogens is 1. The molecule has 0 saturated heterocycles. The number of rotatable bonds is 4. The van der Waals surface area contributed by atoms with Gasteiger partial charge in [-0.15, -0.1) is 0 Å². The number of nitrogens with one attached hydrogen (secondary N) is 2. The van der Waals surface area contributed by atoms with Crippen LogP contribution in [0.25, 0.3) is 0 Å². The van der Waals surface area contributed by atoms with E-state index < -0.39 is 0 Å². The normalized spacial score (nSPS) is 11.2. The van der Waals surface area contributed by atoms with Crippen LogP contribution in [0.3, 0.4) is 0 Å². The van der Waals surface area contributed by atoms with E-state index in [9.17, 15) is 4.79 Å². The van der Waals surface area contributed by atoms with Gasteiger partial charge in [0.1, 0.15) is 0 Å². The maximum absolute atomic E-state index is 12.8. The molecule has 29 heavy (non-hydrogen) atoms. The molecule has 1 aromatic heterocycles. The van der Waals surface area contributed by atoms with Gasteiger partial charge >= 0.3 is 0 Å². The third kappa shape index (κ3) is 5.42. The second-order valence-electron chi connectivity index (χ2n) is 6.82. The van der Waals surface area contributed by atoms with Gasteiger partial charge in [-0.05, 0) is 73.4 Å². The van der Waals surface area contributed by atoms with Crippen molar-refractivity contribution in [1.29, 1.82) is 0 Å². The lowest BCUT2D eigenvalue weighted by Crippen LogP contribution is -2.36. The third-order valence-corrected chi connectivity index (χ3v) is 5.07. The molecule has 5 nitrogen and oxygen atoms in total. The first-order chi connectivity index (χ1) is 13.9. The van der Waals surface area contributed by atoms with Crippen LogP contribution >= 0.6 is 11.6 Å². The van der Waals surface area contributed by atoms with Gasteiger partial charge in [0.05, 0.1) is 6.54 Å². The summed E-state index contributed by atoms with van der Waals surface area (Å²) in [6.45, 7) is 6.29. The van der Waals surface area contributed by atoms with E-state index in [1.165, 1.54) is 0 Å². The molecule has 3 aromatic rings. The fraction of sp³-hybridized carbons (Fsp3) is 0.174. The molecule has 0 aliphatic rings. The van der Waals surface area contributed by atoms with Crippen molar-refractivity contribution in [3.8, 4) is 0 Å². The number of aliphatic imine (C=N–C) groups is 1. The summed E-state index contributed by atoms with van der Waals surface area (Å²) >= 11 is 6.23. The maximum Gasteiger partial charge on any atom is 0.257 e. The predicted octanol–water partition coefficient (Wildman–Crippen LogP) is 5.06. The Balaban J connectivity index is 1.86. The zero-order chi connectivity index (χ0) is 20.8. The van der Waals surface area contributed by atoms with E-state index in [-0.39, 0.29) is 5.91 Å². The number of hydrogen-bond acceptors (Lipinski definition) is 3. The minimum atomic E-state index is -0.231. The summed E-state index contributed by atoms with van der Waals surface area (Å²) in [4.78, 5) is 21.5. The summed E-state index contributed by atoms with van der Waals surface area (Å²) in [6, 6.07) is 15.0. The van der Waals surface area contributed by atoms with Gasteiger partial charge in [-0.3, -0.25) is 15.1 Å². The average molecular weight is 407 g/mol. The number of hydrogen-bond donors (Lipinski definition) is 2. The number of halogens is 1. The Labute approximate surface area is 175 Å².